The molecule has 7 nitrogen and oxygen atoms in total. The van der Waals surface area contributed by atoms with Crippen LogP contribution in [0.4, 0.5) is 5.82 Å². The van der Waals surface area contributed by atoms with E-state index in [1.54, 1.807) is 19.5 Å². The van der Waals surface area contributed by atoms with Crippen molar-refractivity contribution in [3.8, 4) is 0 Å². The van der Waals surface area contributed by atoms with Gasteiger partial charge in [0, 0.05) is 32.6 Å². The van der Waals surface area contributed by atoms with Gasteiger partial charge in [-0.3, -0.25) is 9.78 Å². The van der Waals surface area contributed by atoms with E-state index in [1.165, 1.54) is 12.4 Å². The van der Waals surface area contributed by atoms with E-state index in [4.69, 9.17) is 4.74 Å². The summed E-state index contributed by atoms with van der Waals surface area (Å²) in [5, 5.41) is 5.81. The smallest absolute Gasteiger partial charge is 0.271 e. The summed E-state index contributed by atoms with van der Waals surface area (Å²) in [5.41, 5.74) is 1.37. The minimum Gasteiger partial charge on any atom is -0.383 e. The van der Waals surface area contributed by atoms with Gasteiger partial charge in [0.1, 0.15) is 11.5 Å². The first-order chi connectivity index (χ1) is 10.3. The van der Waals surface area contributed by atoms with E-state index < -0.39 is 0 Å². The summed E-state index contributed by atoms with van der Waals surface area (Å²) in [7, 11) is 1.58. The predicted octanol–water partition coefficient (Wildman–Crippen LogP) is 0.860. The monoisotopic (exact) mass is 287 g/mol. The summed E-state index contributed by atoms with van der Waals surface area (Å²) in [6.07, 6.45) is 6.44. The van der Waals surface area contributed by atoms with Crippen LogP contribution in [0.5, 0.6) is 0 Å². The molecule has 0 radical (unpaired) electrons. The van der Waals surface area contributed by atoms with Gasteiger partial charge in [0.15, 0.2) is 0 Å². The Balaban J connectivity index is 1.85. The van der Waals surface area contributed by atoms with E-state index in [-0.39, 0.29) is 11.6 Å². The third kappa shape index (κ3) is 4.81. The van der Waals surface area contributed by atoms with Crippen LogP contribution in [0, 0.1) is 0 Å². The van der Waals surface area contributed by atoms with Crippen LogP contribution in [0.3, 0.4) is 0 Å². The molecule has 7 heteroatoms. The van der Waals surface area contributed by atoms with Gasteiger partial charge < -0.3 is 15.4 Å². The quantitative estimate of drug-likeness (QED) is 0.734. The largest absolute Gasteiger partial charge is 0.383 e. The molecule has 2 aromatic heterocycles. The van der Waals surface area contributed by atoms with Crippen LogP contribution in [0.15, 0.2) is 36.9 Å². The molecule has 0 unspecified atom stereocenters. The molecular weight excluding hydrogens is 270 g/mol. The summed E-state index contributed by atoms with van der Waals surface area (Å²) in [6, 6.07) is 3.83. The summed E-state index contributed by atoms with van der Waals surface area (Å²) in [4.78, 5) is 23.9. The SMILES string of the molecule is COCCNC(=O)c1cnc(NCc2ccncc2)cn1. The van der Waals surface area contributed by atoms with Crippen molar-refractivity contribution in [2.75, 3.05) is 25.6 Å². The van der Waals surface area contributed by atoms with E-state index in [9.17, 15) is 4.79 Å². The molecule has 0 aromatic carbocycles. The maximum absolute atomic E-state index is 11.7. The maximum Gasteiger partial charge on any atom is 0.271 e. The number of ether oxygens (including phenoxy) is 1. The summed E-state index contributed by atoms with van der Waals surface area (Å²) >= 11 is 0. The number of nitrogens with one attached hydrogen (secondary N) is 2. The van der Waals surface area contributed by atoms with Gasteiger partial charge >= 0.3 is 0 Å². The molecule has 1 amide bonds. The normalized spacial score (nSPS) is 10.1. The number of hydrogen-bond acceptors (Lipinski definition) is 6. The zero-order valence-corrected chi connectivity index (χ0v) is 11.7. The molecule has 0 spiro atoms. The molecule has 0 bridgehead atoms. The highest BCUT2D eigenvalue weighted by Crippen LogP contribution is 2.04. The maximum atomic E-state index is 11.7. The zero-order valence-electron chi connectivity index (χ0n) is 11.7. The summed E-state index contributed by atoms with van der Waals surface area (Å²) in [5.74, 6) is 0.348. The Hall–Kier alpha value is -2.54. The van der Waals surface area contributed by atoms with Gasteiger partial charge in [-0.05, 0) is 17.7 Å². The molecule has 2 rings (SSSR count). The number of methoxy groups -OCH3 is 1. The van der Waals surface area contributed by atoms with Crippen LogP contribution >= 0.6 is 0 Å². The first-order valence-corrected chi connectivity index (χ1v) is 6.51. The molecule has 21 heavy (non-hydrogen) atoms. The van der Waals surface area contributed by atoms with Crippen LogP contribution in [-0.2, 0) is 11.3 Å². The Kier molecular flexibility index (Phi) is 5.60. The first kappa shape index (κ1) is 14.9. The van der Waals surface area contributed by atoms with Gasteiger partial charge in [0.05, 0.1) is 19.0 Å². The minimum absolute atomic E-state index is 0.264. The lowest BCUT2D eigenvalue weighted by molar-refractivity contribution is 0.0932. The number of pyridine rings is 1. The van der Waals surface area contributed by atoms with Gasteiger partial charge in [0.25, 0.3) is 5.91 Å². The lowest BCUT2D eigenvalue weighted by Gasteiger charge is -2.06. The Labute approximate surface area is 122 Å². The minimum atomic E-state index is -0.264. The highest BCUT2D eigenvalue weighted by Gasteiger charge is 2.07. The van der Waals surface area contributed by atoms with Crippen molar-refractivity contribution in [2.24, 2.45) is 0 Å². The lowest BCUT2D eigenvalue weighted by Crippen LogP contribution is -2.27. The molecule has 0 fully saturated rings. The Morgan fingerprint density at radius 3 is 2.71 bits per heavy atom. The fraction of sp³-hybridized carbons (Fsp3) is 0.286. The third-order valence-electron chi connectivity index (χ3n) is 2.70. The molecule has 2 heterocycles. The van der Waals surface area contributed by atoms with Crippen LogP contribution in [0.1, 0.15) is 16.1 Å². The molecule has 0 atom stereocenters. The number of nitrogens with zero attached hydrogens (tertiary/aromatic N) is 3. The highest BCUT2D eigenvalue weighted by atomic mass is 16.5. The molecule has 2 aromatic rings. The standard InChI is InChI=1S/C14H17N5O2/c1-21-7-6-16-14(20)12-9-19-13(10-17-12)18-8-11-2-4-15-5-3-11/h2-5,9-10H,6-8H2,1H3,(H,16,20)(H,18,19). The predicted molar refractivity (Wildman–Crippen MR) is 77.8 cm³/mol. The van der Waals surface area contributed by atoms with Crippen LogP contribution < -0.4 is 10.6 Å². The van der Waals surface area contributed by atoms with Gasteiger partial charge in [-0.15, -0.1) is 0 Å². The Morgan fingerprint density at radius 2 is 2.05 bits per heavy atom. The van der Waals surface area contributed by atoms with Crippen LogP contribution in [0.25, 0.3) is 0 Å². The average molecular weight is 287 g/mol. The fourth-order valence-corrected chi connectivity index (χ4v) is 1.59. The molecule has 0 aliphatic heterocycles. The van der Waals surface area contributed by atoms with E-state index in [1.807, 2.05) is 12.1 Å². The number of amides is 1. The van der Waals surface area contributed by atoms with E-state index in [2.05, 4.69) is 25.6 Å². The van der Waals surface area contributed by atoms with Crippen LogP contribution in [-0.4, -0.2) is 41.1 Å². The second-order valence-corrected chi connectivity index (χ2v) is 4.24. The number of carbonyl (C=O) groups is 1. The zero-order chi connectivity index (χ0) is 14.9. The Morgan fingerprint density at radius 1 is 1.24 bits per heavy atom. The number of rotatable bonds is 7. The lowest BCUT2D eigenvalue weighted by atomic mass is 10.3. The van der Waals surface area contributed by atoms with E-state index in [0.717, 1.165) is 5.56 Å². The molecule has 110 valence electrons. The summed E-state index contributed by atoms with van der Waals surface area (Å²) in [6.45, 7) is 1.53. The van der Waals surface area contributed by atoms with Crippen molar-refractivity contribution >= 4 is 11.7 Å². The van der Waals surface area contributed by atoms with Crippen LogP contribution in [0.2, 0.25) is 0 Å². The molecular formula is C14H17N5O2. The molecule has 0 saturated carbocycles. The average Bonchev–Trinajstić information content (AvgIpc) is 2.54. The highest BCUT2D eigenvalue weighted by molar-refractivity contribution is 5.91. The van der Waals surface area contributed by atoms with Gasteiger partial charge in [-0.2, -0.15) is 0 Å². The first-order valence-electron chi connectivity index (χ1n) is 6.51. The number of carbonyl (C=O) groups excluding carboxylic acids is 1. The van der Waals surface area contributed by atoms with E-state index >= 15 is 0 Å². The van der Waals surface area contributed by atoms with Crippen molar-refractivity contribution in [1.82, 2.24) is 20.3 Å². The fourth-order valence-electron chi connectivity index (χ4n) is 1.59. The Bertz CT molecular complexity index is 559. The summed E-state index contributed by atoms with van der Waals surface area (Å²) < 4.78 is 4.86. The topological polar surface area (TPSA) is 89.0 Å². The van der Waals surface area contributed by atoms with Crippen molar-refractivity contribution in [1.29, 1.82) is 0 Å². The molecule has 2 N–H and O–H groups in total. The number of aromatic nitrogens is 3. The van der Waals surface area contributed by atoms with Crippen molar-refractivity contribution < 1.29 is 9.53 Å². The van der Waals surface area contributed by atoms with Crippen molar-refractivity contribution in [3.05, 3.63) is 48.2 Å². The van der Waals surface area contributed by atoms with Gasteiger partial charge in [-0.25, -0.2) is 9.97 Å². The second kappa shape index (κ2) is 7.91. The number of anilines is 1. The molecule has 0 aliphatic carbocycles. The molecule has 0 saturated heterocycles. The second-order valence-electron chi connectivity index (χ2n) is 4.24. The van der Waals surface area contributed by atoms with Gasteiger partial charge in [-0.1, -0.05) is 0 Å². The van der Waals surface area contributed by atoms with E-state index in [0.29, 0.717) is 25.5 Å². The van der Waals surface area contributed by atoms with Crippen molar-refractivity contribution in [3.63, 3.8) is 0 Å². The van der Waals surface area contributed by atoms with Crippen molar-refractivity contribution in [2.45, 2.75) is 6.54 Å². The third-order valence-corrected chi connectivity index (χ3v) is 2.70. The van der Waals surface area contributed by atoms with Gasteiger partial charge in [0.2, 0.25) is 0 Å². The number of hydrogen-bond donors (Lipinski definition) is 2. The molecule has 0 aliphatic rings.